The molecule has 0 saturated heterocycles. The van der Waals surface area contributed by atoms with E-state index in [-0.39, 0.29) is 23.4 Å². The predicted octanol–water partition coefficient (Wildman–Crippen LogP) is 3.59. The van der Waals surface area contributed by atoms with Gasteiger partial charge in [-0.05, 0) is 12.3 Å². The zero-order valence-corrected chi connectivity index (χ0v) is 13.3. The molecule has 0 aliphatic carbocycles. The van der Waals surface area contributed by atoms with E-state index in [1.165, 1.54) is 0 Å². The molecule has 0 aromatic carbocycles. The Kier molecular flexibility index (Phi) is 5.54. The van der Waals surface area contributed by atoms with Crippen LogP contribution in [0.2, 0.25) is 0 Å². The van der Waals surface area contributed by atoms with Gasteiger partial charge in [-0.3, -0.25) is 9.59 Å². The van der Waals surface area contributed by atoms with Crippen molar-refractivity contribution in [3.05, 3.63) is 22.5 Å². The Balaban J connectivity index is 3.69. The molecule has 0 atom stereocenters. The number of hydrogen-bond donors (Lipinski definition) is 0. The summed E-state index contributed by atoms with van der Waals surface area (Å²) in [7, 11) is 0. The SMILES string of the molecule is CCC(=O)c1c(CC)nnc(C(C)C)c1C(=O)C(C)C. The first-order valence-electron chi connectivity index (χ1n) is 7.31. The molecule has 0 N–H and O–H groups in total. The lowest BCUT2D eigenvalue weighted by Crippen LogP contribution is -2.21. The number of aromatic nitrogens is 2. The van der Waals surface area contributed by atoms with Crippen LogP contribution in [0.5, 0.6) is 0 Å². The summed E-state index contributed by atoms with van der Waals surface area (Å²) in [6, 6.07) is 0. The van der Waals surface area contributed by atoms with E-state index in [4.69, 9.17) is 0 Å². The largest absolute Gasteiger partial charge is 0.294 e. The molecule has 1 aromatic heterocycles. The summed E-state index contributed by atoms with van der Waals surface area (Å²) in [5.74, 6) is -0.142. The average Bonchev–Trinajstić information content (AvgIpc) is 2.43. The van der Waals surface area contributed by atoms with Crippen molar-refractivity contribution in [1.29, 1.82) is 0 Å². The monoisotopic (exact) mass is 276 g/mol. The summed E-state index contributed by atoms with van der Waals surface area (Å²) in [5, 5.41) is 8.37. The molecule has 0 aliphatic rings. The molecule has 1 aromatic rings. The number of ketones is 2. The molecule has 4 heteroatoms. The molecule has 20 heavy (non-hydrogen) atoms. The highest BCUT2D eigenvalue weighted by Gasteiger charge is 2.27. The van der Waals surface area contributed by atoms with Crippen molar-refractivity contribution >= 4 is 11.6 Å². The second kappa shape index (κ2) is 6.73. The van der Waals surface area contributed by atoms with Crippen molar-refractivity contribution in [1.82, 2.24) is 10.2 Å². The summed E-state index contributed by atoms with van der Waals surface area (Å²) in [4.78, 5) is 24.9. The van der Waals surface area contributed by atoms with Crippen molar-refractivity contribution in [3.8, 4) is 0 Å². The van der Waals surface area contributed by atoms with E-state index in [0.29, 0.717) is 35.4 Å². The number of aryl methyl sites for hydroxylation is 1. The summed E-state index contributed by atoms with van der Waals surface area (Å²) < 4.78 is 0. The normalized spacial score (nSPS) is 11.2. The van der Waals surface area contributed by atoms with E-state index in [0.717, 1.165) is 0 Å². The van der Waals surface area contributed by atoms with E-state index in [1.807, 2.05) is 34.6 Å². The van der Waals surface area contributed by atoms with Gasteiger partial charge in [-0.1, -0.05) is 41.5 Å². The maximum Gasteiger partial charge on any atom is 0.168 e. The molecule has 1 rings (SSSR count). The maximum atomic E-state index is 12.6. The molecule has 0 amide bonds. The molecule has 0 aliphatic heterocycles. The zero-order chi connectivity index (χ0) is 15.4. The minimum Gasteiger partial charge on any atom is -0.294 e. The first-order valence-corrected chi connectivity index (χ1v) is 7.31. The van der Waals surface area contributed by atoms with Crippen LogP contribution in [0.3, 0.4) is 0 Å². The van der Waals surface area contributed by atoms with Crippen molar-refractivity contribution in [2.75, 3.05) is 0 Å². The van der Waals surface area contributed by atoms with E-state index in [9.17, 15) is 9.59 Å². The number of Topliss-reactive ketones (excluding diaryl/α,β-unsaturated/α-hetero) is 2. The van der Waals surface area contributed by atoms with Gasteiger partial charge in [-0.15, -0.1) is 0 Å². The molecule has 0 spiro atoms. The number of rotatable bonds is 6. The van der Waals surface area contributed by atoms with Crippen LogP contribution >= 0.6 is 0 Å². The average molecular weight is 276 g/mol. The molecule has 0 fully saturated rings. The Morgan fingerprint density at radius 2 is 1.60 bits per heavy atom. The molecule has 0 bridgehead atoms. The fraction of sp³-hybridized carbons (Fsp3) is 0.625. The van der Waals surface area contributed by atoms with Crippen LogP contribution in [0.4, 0.5) is 0 Å². The second-order valence-electron chi connectivity index (χ2n) is 5.59. The van der Waals surface area contributed by atoms with Crippen LogP contribution in [0, 0.1) is 5.92 Å². The van der Waals surface area contributed by atoms with Crippen LogP contribution in [-0.4, -0.2) is 21.8 Å². The van der Waals surface area contributed by atoms with Crippen LogP contribution in [0.1, 0.15) is 86.0 Å². The van der Waals surface area contributed by atoms with Crippen LogP contribution in [-0.2, 0) is 6.42 Å². The van der Waals surface area contributed by atoms with Crippen LogP contribution < -0.4 is 0 Å². The summed E-state index contributed by atoms with van der Waals surface area (Å²) in [6.07, 6.45) is 0.972. The lowest BCUT2D eigenvalue weighted by Gasteiger charge is -2.17. The molecule has 0 radical (unpaired) electrons. The van der Waals surface area contributed by atoms with E-state index < -0.39 is 0 Å². The Morgan fingerprint density at radius 3 is 2.00 bits per heavy atom. The van der Waals surface area contributed by atoms with Crippen molar-refractivity contribution in [2.24, 2.45) is 5.92 Å². The van der Waals surface area contributed by atoms with Gasteiger partial charge >= 0.3 is 0 Å². The van der Waals surface area contributed by atoms with Gasteiger partial charge in [0.05, 0.1) is 22.5 Å². The van der Waals surface area contributed by atoms with Gasteiger partial charge < -0.3 is 0 Å². The van der Waals surface area contributed by atoms with Gasteiger partial charge in [0.2, 0.25) is 0 Å². The minimum absolute atomic E-state index is 0.0184. The zero-order valence-electron chi connectivity index (χ0n) is 13.3. The van der Waals surface area contributed by atoms with Gasteiger partial charge in [0.1, 0.15) is 0 Å². The Labute approximate surface area is 121 Å². The molecule has 110 valence electrons. The van der Waals surface area contributed by atoms with Crippen molar-refractivity contribution in [3.63, 3.8) is 0 Å². The number of nitrogens with zero attached hydrogens (tertiary/aromatic N) is 2. The van der Waals surface area contributed by atoms with Crippen molar-refractivity contribution < 1.29 is 9.59 Å². The number of hydrogen-bond acceptors (Lipinski definition) is 4. The quantitative estimate of drug-likeness (QED) is 0.745. The van der Waals surface area contributed by atoms with Crippen LogP contribution in [0.15, 0.2) is 0 Å². The fourth-order valence-electron chi connectivity index (χ4n) is 2.15. The maximum absolute atomic E-state index is 12.6. The molecular formula is C16H24N2O2. The highest BCUT2D eigenvalue weighted by molar-refractivity contribution is 6.10. The van der Waals surface area contributed by atoms with Gasteiger partial charge in [-0.25, -0.2) is 0 Å². The third kappa shape index (κ3) is 3.11. The van der Waals surface area contributed by atoms with Gasteiger partial charge in [0.15, 0.2) is 11.6 Å². The summed E-state index contributed by atoms with van der Waals surface area (Å²) in [5.41, 5.74) is 2.25. The molecule has 4 nitrogen and oxygen atoms in total. The third-order valence-electron chi connectivity index (χ3n) is 3.33. The standard InChI is InChI=1S/C16H24N2O2/c1-7-11-13(12(19)8-2)14(16(20)10(5)6)15(9(3)4)18-17-11/h9-10H,7-8H2,1-6H3. The fourth-order valence-corrected chi connectivity index (χ4v) is 2.15. The Morgan fingerprint density at radius 1 is 1.00 bits per heavy atom. The molecular weight excluding hydrogens is 252 g/mol. The highest BCUT2D eigenvalue weighted by atomic mass is 16.1. The molecule has 1 heterocycles. The summed E-state index contributed by atoms with van der Waals surface area (Å²) >= 11 is 0. The van der Waals surface area contributed by atoms with Gasteiger partial charge in [0.25, 0.3) is 0 Å². The summed E-state index contributed by atoms with van der Waals surface area (Å²) in [6.45, 7) is 11.4. The molecule has 0 saturated carbocycles. The minimum atomic E-state index is -0.162. The number of carbonyl (C=O) groups excluding carboxylic acids is 2. The van der Waals surface area contributed by atoms with Gasteiger partial charge in [-0.2, -0.15) is 10.2 Å². The topological polar surface area (TPSA) is 59.9 Å². The second-order valence-corrected chi connectivity index (χ2v) is 5.59. The lowest BCUT2D eigenvalue weighted by molar-refractivity contribution is 0.0919. The first-order chi connectivity index (χ1) is 9.34. The Hall–Kier alpha value is -1.58. The van der Waals surface area contributed by atoms with Gasteiger partial charge in [0, 0.05) is 12.3 Å². The smallest absolute Gasteiger partial charge is 0.168 e. The van der Waals surface area contributed by atoms with E-state index >= 15 is 0 Å². The third-order valence-corrected chi connectivity index (χ3v) is 3.33. The molecule has 0 unspecified atom stereocenters. The Bertz CT molecular complexity index is 519. The van der Waals surface area contributed by atoms with E-state index in [2.05, 4.69) is 10.2 Å². The van der Waals surface area contributed by atoms with Crippen LogP contribution in [0.25, 0.3) is 0 Å². The van der Waals surface area contributed by atoms with E-state index in [1.54, 1.807) is 6.92 Å². The first kappa shape index (κ1) is 16.5. The highest BCUT2D eigenvalue weighted by Crippen LogP contribution is 2.26. The predicted molar refractivity (Wildman–Crippen MR) is 79.3 cm³/mol. The van der Waals surface area contributed by atoms with Crippen molar-refractivity contribution in [2.45, 2.75) is 60.3 Å². The lowest BCUT2D eigenvalue weighted by atomic mass is 9.88. The number of carbonyl (C=O) groups is 2.